The van der Waals surface area contributed by atoms with Crippen LogP contribution in [-0.4, -0.2) is 23.9 Å². The van der Waals surface area contributed by atoms with Crippen LogP contribution in [0.15, 0.2) is 12.1 Å². The Balaban J connectivity index is 2.25. The second-order valence-corrected chi connectivity index (χ2v) is 3.81. The second kappa shape index (κ2) is 4.68. The zero-order valence-electron chi connectivity index (χ0n) is 8.98. The fourth-order valence-electron chi connectivity index (χ4n) is 1.62. The van der Waals surface area contributed by atoms with E-state index in [1.165, 1.54) is 12.1 Å². The number of carboxylic acid groups (broad SMARTS) is 1. The van der Waals surface area contributed by atoms with Crippen LogP contribution >= 0.6 is 0 Å². The predicted octanol–water partition coefficient (Wildman–Crippen LogP) is 0.647. The normalized spacial score (nSPS) is 15.9. The van der Waals surface area contributed by atoms with Crippen molar-refractivity contribution in [3.8, 4) is 5.75 Å². The van der Waals surface area contributed by atoms with Gasteiger partial charge in [-0.1, -0.05) is 0 Å². The van der Waals surface area contributed by atoms with Gasteiger partial charge in [0.15, 0.2) is 6.79 Å². The Morgan fingerprint density at radius 2 is 2.35 bits per heavy atom. The molecule has 6 heteroatoms. The smallest absolute Gasteiger partial charge is 0.320 e. The Labute approximate surface area is 96.9 Å². The van der Waals surface area contributed by atoms with Gasteiger partial charge in [0.2, 0.25) is 0 Å². The summed E-state index contributed by atoms with van der Waals surface area (Å²) in [4.78, 5) is 10.6. The molecule has 0 radical (unpaired) electrons. The molecule has 0 saturated carbocycles. The Morgan fingerprint density at radius 3 is 3.06 bits per heavy atom. The van der Waals surface area contributed by atoms with Crippen molar-refractivity contribution in [2.45, 2.75) is 19.1 Å². The third-order valence-corrected chi connectivity index (χ3v) is 2.54. The van der Waals surface area contributed by atoms with Crippen molar-refractivity contribution in [3.05, 3.63) is 29.1 Å². The molecule has 0 fully saturated rings. The quantitative estimate of drug-likeness (QED) is 0.811. The Kier molecular flexibility index (Phi) is 3.26. The number of ether oxygens (including phenoxy) is 2. The lowest BCUT2D eigenvalue weighted by Gasteiger charge is -2.19. The molecule has 1 atom stereocenters. The zero-order valence-corrected chi connectivity index (χ0v) is 8.98. The number of fused-ring (bicyclic) bond motifs is 1. The molecule has 0 aliphatic carbocycles. The average molecular weight is 241 g/mol. The first-order valence-electron chi connectivity index (χ1n) is 5.08. The predicted molar refractivity (Wildman–Crippen MR) is 56.0 cm³/mol. The molecule has 0 aromatic heterocycles. The molecular formula is C11H12FNO4. The molecule has 3 N–H and O–H groups in total. The SMILES string of the molecule is NC(Cc1cc2c(cc1F)COCO2)C(=O)O. The molecule has 1 unspecified atom stereocenters. The van der Waals surface area contributed by atoms with E-state index in [0.717, 1.165) is 0 Å². The fraction of sp³-hybridized carbons (Fsp3) is 0.364. The molecule has 2 rings (SSSR count). The van der Waals surface area contributed by atoms with Gasteiger partial charge in [0.1, 0.15) is 17.6 Å². The summed E-state index contributed by atoms with van der Waals surface area (Å²) in [5.74, 6) is -1.13. The Bertz CT molecular complexity index is 449. The molecule has 5 nitrogen and oxygen atoms in total. The van der Waals surface area contributed by atoms with Crippen molar-refractivity contribution < 1.29 is 23.8 Å². The first-order chi connectivity index (χ1) is 8.08. The molecule has 0 saturated heterocycles. The standard InChI is InChI=1S/C11H12FNO4/c12-8-1-7-4-16-5-17-10(7)3-6(8)2-9(13)11(14)15/h1,3,9H,2,4-5,13H2,(H,14,15). The molecule has 92 valence electrons. The highest BCUT2D eigenvalue weighted by Crippen LogP contribution is 2.27. The van der Waals surface area contributed by atoms with Crippen LogP contribution in [0.3, 0.4) is 0 Å². The van der Waals surface area contributed by atoms with Gasteiger partial charge < -0.3 is 20.3 Å². The summed E-state index contributed by atoms with van der Waals surface area (Å²) in [6, 6.07) is 1.65. The third-order valence-electron chi connectivity index (χ3n) is 2.54. The Hall–Kier alpha value is -1.66. The lowest BCUT2D eigenvalue weighted by molar-refractivity contribution is -0.138. The van der Waals surface area contributed by atoms with Crippen molar-refractivity contribution in [3.63, 3.8) is 0 Å². The summed E-state index contributed by atoms with van der Waals surface area (Å²) in [7, 11) is 0. The van der Waals surface area contributed by atoms with Gasteiger partial charge in [0, 0.05) is 12.0 Å². The summed E-state index contributed by atoms with van der Waals surface area (Å²) in [5.41, 5.74) is 6.21. The lowest BCUT2D eigenvalue weighted by atomic mass is 10.0. The summed E-state index contributed by atoms with van der Waals surface area (Å²) in [6.45, 7) is 0.403. The van der Waals surface area contributed by atoms with E-state index in [9.17, 15) is 9.18 Å². The highest BCUT2D eigenvalue weighted by Gasteiger charge is 2.19. The van der Waals surface area contributed by atoms with Crippen LogP contribution in [0, 0.1) is 5.82 Å². The van der Waals surface area contributed by atoms with E-state index in [-0.39, 0.29) is 25.4 Å². The number of nitrogens with two attached hydrogens (primary N) is 1. The van der Waals surface area contributed by atoms with Crippen LogP contribution < -0.4 is 10.5 Å². The molecule has 1 aromatic carbocycles. The number of hydrogen-bond donors (Lipinski definition) is 2. The number of hydrogen-bond acceptors (Lipinski definition) is 4. The third kappa shape index (κ3) is 2.54. The van der Waals surface area contributed by atoms with Gasteiger partial charge in [-0.05, 0) is 17.7 Å². The van der Waals surface area contributed by atoms with Gasteiger partial charge in [0.25, 0.3) is 0 Å². The van der Waals surface area contributed by atoms with Gasteiger partial charge in [-0.3, -0.25) is 4.79 Å². The molecule has 0 amide bonds. The maximum absolute atomic E-state index is 13.6. The molecule has 1 aliphatic heterocycles. The van der Waals surface area contributed by atoms with E-state index in [0.29, 0.717) is 11.3 Å². The summed E-state index contributed by atoms with van der Waals surface area (Å²) < 4.78 is 23.8. The molecular weight excluding hydrogens is 229 g/mol. The van der Waals surface area contributed by atoms with E-state index < -0.39 is 17.8 Å². The number of carboxylic acids is 1. The van der Waals surface area contributed by atoms with Crippen LogP contribution in [0.4, 0.5) is 4.39 Å². The van der Waals surface area contributed by atoms with Crippen molar-refractivity contribution in [2.75, 3.05) is 6.79 Å². The van der Waals surface area contributed by atoms with E-state index in [1.807, 2.05) is 0 Å². The van der Waals surface area contributed by atoms with E-state index in [2.05, 4.69) is 0 Å². The van der Waals surface area contributed by atoms with Crippen molar-refractivity contribution in [2.24, 2.45) is 5.73 Å². The number of benzene rings is 1. The highest BCUT2D eigenvalue weighted by atomic mass is 19.1. The minimum absolute atomic E-state index is 0.0708. The van der Waals surface area contributed by atoms with Gasteiger partial charge in [-0.15, -0.1) is 0 Å². The Morgan fingerprint density at radius 1 is 1.59 bits per heavy atom. The first kappa shape index (κ1) is 11.8. The highest BCUT2D eigenvalue weighted by molar-refractivity contribution is 5.73. The molecule has 1 aliphatic rings. The maximum Gasteiger partial charge on any atom is 0.320 e. The molecule has 1 heterocycles. The van der Waals surface area contributed by atoms with Crippen LogP contribution in [0.1, 0.15) is 11.1 Å². The minimum Gasteiger partial charge on any atom is -0.480 e. The first-order valence-corrected chi connectivity index (χ1v) is 5.08. The number of carbonyl (C=O) groups is 1. The molecule has 1 aromatic rings. The van der Waals surface area contributed by atoms with Crippen LogP contribution in [0.5, 0.6) is 5.75 Å². The van der Waals surface area contributed by atoms with Gasteiger partial charge in [0.05, 0.1) is 6.61 Å². The minimum atomic E-state index is -1.16. The van der Waals surface area contributed by atoms with Gasteiger partial charge in [-0.25, -0.2) is 4.39 Å². The maximum atomic E-state index is 13.6. The van der Waals surface area contributed by atoms with Crippen LogP contribution in [0.2, 0.25) is 0 Å². The average Bonchev–Trinajstić information content (AvgIpc) is 2.29. The van der Waals surface area contributed by atoms with E-state index >= 15 is 0 Å². The largest absolute Gasteiger partial charge is 0.480 e. The number of aliphatic carboxylic acids is 1. The van der Waals surface area contributed by atoms with E-state index in [1.54, 1.807) is 0 Å². The number of halogens is 1. The molecule has 0 bridgehead atoms. The van der Waals surface area contributed by atoms with Crippen LogP contribution in [0.25, 0.3) is 0 Å². The fourth-order valence-corrected chi connectivity index (χ4v) is 1.62. The summed E-state index contributed by atoms with van der Waals surface area (Å²) >= 11 is 0. The molecule has 17 heavy (non-hydrogen) atoms. The van der Waals surface area contributed by atoms with Gasteiger partial charge in [-0.2, -0.15) is 0 Å². The molecule has 0 spiro atoms. The lowest BCUT2D eigenvalue weighted by Crippen LogP contribution is -2.32. The topological polar surface area (TPSA) is 81.8 Å². The van der Waals surface area contributed by atoms with Crippen molar-refractivity contribution in [1.82, 2.24) is 0 Å². The monoisotopic (exact) mass is 241 g/mol. The van der Waals surface area contributed by atoms with Crippen molar-refractivity contribution >= 4 is 5.97 Å². The summed E-state index contributed by atoms with van der Waals surface area (Å²) in [5, 5.41) is 8.67. The second-order valence-electron chi connectivity index (χ2n) is 3.81. The van der Waals surface area contributed by atoms with Crippen LogP contribution in [-0.2, 0) is 22.6 Å². The van der Waals surface area contributed by atoms with Gasteiger partial charge >= 0.3 is 5.97 Å². The van der Waals surface area contributed by atoms with Crippen molar-refractivity contribution in [1.29, 1.82) is 0 Å². The zero-order chi connectivity index (χ0) is 12.4. The summed E-state index contributed by atoms with van der Waals surface area (Å²) in [6.07, 6.45) is -0.0708. The van der Waals surface area contributed by atoms with E-state index in [4.69, 9.17) is 20.3 Å². The number of rotatable bonds is 3.